The summed E-state index contributed by atoms with van der Waals surface area (Å²) in [5, 5.41) is 3.04. The lowest BCUT2D eigenvalue weighted by atomic mass is 10.4. The molecule has 0 bridgehead atoms. The molecular weight excluding hydrogens is 298 g/mol. The number of nitrogens with zero attached hydrogens (tertiary/aromatic N) is 1. The molecule has 0 aliphatic heterocycles. The minimum Gasteiger partial charge on any atom is -0.335 e. The molecule has 0 saturated heterocycles. The van der Waals surface area contributed by atoms with Crippen molar-refractivity contribution in [2.45, 2.75) is 6.54 Å². The number of aromatic amines is 1. The highest BCUT2D eigenvalue weighted by Gasteiger charge is 2.11. The molecule has 6 heteroatoms. The van der Waals surface area contributed by atoms with Crippen molar-refractivity contribution in [3.8, 4) is 10.6 Å². The highest BCUT2D eigenvalue weighted by atomic mass is 79.9. The lowest BCUT2D eigenvalue weighted by Crippen LogP contribution is -2.06. The first-order valence-corrected chi connectivity index (χ1v) is 6.34. The van der Waals surface area contributed by atoms with Crippen molar-refractivity contribution in [3.05, 3.63) is 26.9 Å². The van der Waals surface area contributed by atoms with Crippen LogP contribution in [-0.2, 0) is 6.54 Å². The molecule has 0 spiro atoms. The first-order valence-electron chi connectivity index (χ1n) is 4.35. The summed E-state index contributed by atoms with van der Waals surface area (Å²) in [6, 6.07) is 3.84. The number of nitrogens with one attached hydrogen (secondary N) is 2. The second-order valence-corrected chi connectivity index (χ2v) is 5.49. The van der Waals surface area contributed by atoms with Gasteiger partial charge in [-0.1, -0.05) is 11.6 Å². The number of H-pyrrole nitrogens is 1. The maximum atomic E-state index is 5.88. The summed E-state index contributed by atoms with van der Waals surface area (Å²) in [5.74, 6) is 0.906. The smallest absolute Gasteiger partial charge is 0.121 e. The average Bonchev–Trinajstić information content (AvgIpc) is 2.73. The van der Waals surface area contributed by atoms with Crippen LogP contribution in [0.1, 0.15) is 5.82 Å². The van der Waals surface area contributed by atoms with E-state index < -0.39 is 0 Å². The Balaban J connectivity index is 2.35. The molecule has 0 aromatic carbocycles. The molecule has 3 nitrogen and oxygen atoms in total. The van der Waals surface area contributed by atoms with Crippen molar-refractivity contribution in [1.29, 1.82) is 0 Å². The topological polar surface area (TPSA) is 40.7 Å². The van der Waals surface area contributed by atoms with Crippen LogP contribution in [-0.4, -0.2) is 17.0 Å². The Kier molecular flexibility index (Phi) is 3.45. The molecule has 0 aliphatic carbocycles. The Morgan fingerprint density at radius 1 is 1.60 bits per heavy atom. The molecule has 0 fully saturated rings. The summed E-state index contributed by atoms with van der Waals surface area (Å²) in [6.07, 6.45) is 0. The van der Waals surface area contributed by atoms with E-state index in [1.54, 1.807) is 0 Å². The van der Waals surface area contributed by atoms with Gasteiger partial charge in [0.25, 0.3) is 0 Å². The maximum Gasteiger partial charge on any atom is 0.121 e. The van der Waals surface area contributed by atoms with Gasteiger partial charge in [-0.3, -0.25) is 0 Å². The van der Waals surface area contributed by atoms with Gasteiger partial charge in [0.05, 0.1) is 15.8 Å². The molecule has 0 aliphatic rings. The summed E-state index contributed by atoms with van der Waals surface area (Å²) in [5.41, 5.74) is 0.914. The summed E-state index contributed by atoms with van der Waals surface area (Å²) < 4.78 is 1.67. The standard InChI is InChI=1S/C9H9BrClN3S/c1-12-4-7-13-8(9(10)14-7)5-2-3-6(11)15-5/h2-3,12H,4H2,1H3,(H,13,14). The van der Waals surface area contributed by atoms with E-state index in [0.717, 1.165) is 31.9 Å². The highest BCUT2D eigenvalue weighted by molar-refractivity contribution is 9.10. The largest absolute Gasteiger partial charge is 0.335 e. The van der Waals surface area contributed by atoms with Gasteiger partial charge in [-0.15, -0.1) is 11.3 Å². The zero-order valence-corrected chi connectivity index (χ0v) is 11.1. The Morgan fingerprint density at radius 3 is 3.00 bits per heavy atom. The van der Waals surface area contributed by atoms with E-state index in [9.17, 15) is 0 Å². The summed E-state index contributed by atoms with van der Waals surface area (Å²) in [7, 11) is 1.89. The molecular formula is C9H9BrClN3S. The molecule has 2 aromatic rings. The van der Waals surface area contributed by atoms with Crippen LogP contribution in [0.2, 0.25) is 4.34 Å². The number of aromatic nitrogens is 2. The van der Waals surface area contributed by atoms with Crippen molar-refractivity contribution in [2.24, 2.45) is 0 Å². The Hall–Kier alpha value is -0.360. The maximum absolute atomic E-state index is 5.88. The molecule has 2 heterocycles. The molecule has 0 unspecified atom stereocenters. The minimum atomic E-state index is 0.720. The number of thiophene rings is 1. The second kappa shape index (κ2) is 4.65. The summed E-state index contributed by atoms with van der Waals surface area (Å²) >= 11 is 10.9. The van der Waals surface area contributed by atoms with Crippen molar-refractivity contribution in [1.82, 2.24) is 15.3 Å². The molecule has 0 amide bonds. The fourth-order valence-electron chi connectivity index (χ4n) is 1.25. The molecule has 2 rings (SSSR count). The molecule has 0 atom stereocenters. The number of hydrogen-bond donors (Lipinski definition) is 2. The van der Waals surface area contributed by atoms with Crippen LogP contribution in [0.3, 0.4) is 0 Å². The third kappa shape index (κ3) is 2.42. The molecule has 2 N–H and O–H groups in total. The van der Waals surface area contributed by atoms with Gasteiger partial charge in [0.2, 0.25) is 0 Å². The molecule has 80 valence electrons. The van der Waals surface area contributed by atoms with Gasteiger partial charge in [-0.05, 0) is 35.1 Å². The van der Waals surface area contributed by atoms with Gasteiger partial charge in [0.1, 0.15) is 16.1 Å². The quantitative estimate of drug-likeness (QED) is 0.913. The van der Waals surface area contributed by atoms with Gasteiger partial charge in [-0.25, -0.2) is 4.98 Å². The van der Waals surface area contributed by atoms with E-state index in [0.29, 0.717) is 0 Å². The number of rotatable bonds is 3. The molecule has 15 heavy (non-hydrogen) atoms. The van der Waals surface area contributed by atoms with Gasteiger partial charge in [-0.2, -0.15) is 0 Å². The monoisotopic (exact) mass is 305 g/mol. The third-order valence-corrected chi connectivity index (χ3v) is 3.67. The minimum absolute atomic E-state index is 0.720. The van der Waals surface area contributed by atoms with Crippen molar-refractivity contribution < 1.29 is 0 Å². The zero-order valence-electron chi connectivity index (χ0n) is 7.97. The predicted molar refractivity (Wildman–Crippen MR) is 67.4 cm³/mol. The van der Waals surface area contributed by atoms with Crippen molar-refractivity contribution in [3.63, 3.8) is 0 Å². The van der Waals surface area contributed by atoms with Crippen LogP contribution in [0.4, 0.5) is 0 Å². The van der Waals surface area contributed by atoms with Gasteiger partial charge >= 0.3 is 0 Å². The Morgan fingerprint density at radius 2 is 2.40 bits per heavy atom. The summed E-state index contributed by atoms with van der Waals surface area (Å²) in [6.45, 7) is 0.720. The normalized spacial score (nSPS) is 10.9. The number of imidazole rings is 1. The molecule has 0 radical (unpaired) electrons. The first-order chi connectivity index (χ1) is 7.20. The fourth-order valence-corrected chi connectivity index (χ4v) is 2.96. The first kappa shape index (κ1) is 11.1. The van der Waals surface area contributed by atoms with Crippen LogP contribution in [0.15, 0.2) is 16.7 Å². The van der Waals surface area contributed by atoms with Crippen molar-refractivity contribution in [2.75, 3.05) is 7.05 Å². The SMILES string of the molecule is CNCc1nc(-c2ccc(Cl)s2)c(Br)[nH]1. The third-order valence-electron chi connectivity index (χ3n) is 1.86. The van der Waals surface area contributed by atoms with Gasteiger partial charge in [0.15, 0.2) is 0 Å². The number of hydrogen-bond acceptors (Lipinski definition) is 3. The Bertz CT molecular complexity index is 466. The lowest BCUT2D eigenvalue weighted by Gasteiger charge is -1.91. The van der Waals surface area contributed by atoms with Crippen LogP contribution in [0.25, 0.3) is 10.6 Å². The van der Waals surface area contributed by atoms with E-state index in [-0.39, 0.29) is 0 Å². The van der Waals surface area contributed by atoms with E-state index in [1.165, 1.54) is 11.3 Å². The molecule has 0 saturated carbocycles. The lowest BCUT2D eigenvalue weighted by molar-refractivity contribution is 0.771. The summed E-state index contributed by atoms with van der Waals surface area (Å²) in [4.78, 5) is 8.69. The van der Waals surface area contributed by atoms with Gasteiger partial charge in [0, 0.05) is 0 Å². The average molecular weight is 307 g/mol. The van der Waals surface area contributed by atoms with Crippen LogP contribution < -0.4 is 5.32 Å². The van der Waals surface area contributed by atoms with Crippen LogP contribution in [0.5, 0.6) is 0 Å². The van der Waals surface area contributed by atoms with E-state index in [4.69, 9.17) is 11.6 Å². The van der Waals surface area contributed by atoms with Crippen LogP contribution in [0, 0.1) is 0 Å². The Labute approximate surface area is 105 Å². The fraction of sp³-hybridized carbons (Fsp3) is 0.222. The zero-order chi connectivity index (χ0) is 10.8. The van der Waals surface area contributed by atoms with E-state index in [1.807, 2.05) is 19.2 Å². The molecule has 2 aromatic heterocycles. The van der Waals surface area contributed by atoms with E-state index in [2.05, 4.69) is 31.2 Å². The van der Waals surface area contributed by atoms with Gasteiger partial charge < -0.3 is 10.3 Å². The second-order valence-electron chi connectivity index (χ2n) is 2.98. The highest BCUT2D eigenvalue weighted by Crippen LogP contribution is 2.33. The van der Waals surface area contributed by atoms with E-state index >= 15 is 0 Å². The predicted octanol–water partition coefficient (Wildman–Crippen LogP) is 3.27. The van der Waals surface area contributed by atoms with Crippen LogP contribution >= 0.6 is 38.9 Å². The number of halogens is 2. The van der Waals surface area contributed by atoms with Crippen molar-refractivity contribution >= 4 is 38.9 Å².